The van der Waals surface area contributed by atoms with Crippen molar-refractivity contribution in [2.45, 2.75) is 26.7 Å². The second-order valence-corrected chi connectivity index (χ2v) is 1.20. The predicted octanol–water partition coefficient (Wildman–Crippen LogP) is 2.01. The van der Waals surface area contributed by atoms with E-state index in [1.165, 1.54) is 12.8 Å². The van der Waals surface area contributed by atoms with Crippen molar-refractivity contribution in [3.63, 3.8) is 0 Å². The van der Waals surface area contributed by atoms with Gasteiger partial charge in [-0.2, -0.15) is 0 Å². The molecule has 0 spiro atoms. The second kappa shape index (κ2) is 3.87. The van der Waals surface area contributed by atoms with Crippen molar-refractivity contribution in [1.82, 2.24) is 0 Å². The smallest absolute Gasteiger partial charge is 0.0613 e. The summed E-state index contributed by atoms with van der Waals surface area (Å²) in [6, 6.07) is 0. The molecule has 0 unspecified atom stereocenters. The van der Waals surface area contributed by atoms with E-state index in [4.69, 9.17) is 0 Å². The molecule has 0 aliphatic rings. The number of unbranched alkanes of at least 4 members (excludes halogenated alkanes) is 2. The van der Waals surface area contributed by atoms with Crippen molar-refractivity contribution in [3.05, 3.63) is 6.42 Å². The predicted molar refractivity (Wildman–Crippen MR) is 24.9 cm³/mol. The SMILES string of the molecule is C[CH+]CCC. The van der Waals surface area contributed by atoms with Crippen LogP contribution in [-0.2, 0) is 0 Å². The van der Waals surface area contributed by atoms with Gasteiger partial charge in [0, 0.05) is 0 Å². The molecular formula is C5H11+. The monoisotopic (exact) mass is 71.1 g/mol. The third-order valence-corrected chi connectivity index (χ3v) is 0.577. The van der Waals surface area contributed by atoms with Crippen molar-refractivity contribution in [2.75, 3.05) is 0 Å². The molecule has 0 saturated heterocycles. The molecule has 0 atom stereocenters. The summed E-state index contributed by atoms with van der Waals surface area (Å²) in [6.07, 6.45) is 4.73. The average Bonchev–Trinajstić information content (AvgIpc) is 1.41. The molecule has 0 bridgehead atoms. The Morgan fingerprint density at radius 3 is 2.20 bits per heavy atom. The molecule has 0 aromatic rings. The standard InChI is InChI=1S/C5H11/c1-3-5-4-2/h3H,4-5H2,1-2H3/q+1. The lowest BCUT2D eigenvalue weighted by Crippen LogP contribution is -1.60. The first-order valence-corrected chi connectivity index (χ1v) is 2.19. The molecule has 0 nitrogen and oxygen atoms in total. The van der Waals surface area contributed by atoms with Crippen LogP contribution in [0.4, 0.5) is 0 Å². The molecule has 30 valence electrons. The van der Waals surface area contributed by atoms with Gasteiger partial charge in [0.15, 0.2) is 0 Å². The molecule has 0 amide bonds. The first kappa shape index (κ1) is 4.87. The Bertz CT molecular complexity index is 7.51. The summed E-state index contributed by atoms with van der Waals surface area (Å²) in [5.74, 6) is 0. The average molecular weight is 71.1 g/mol. The van der Waals surface area contributed by atoms with E-state index in [9.17, 15) is 0 Å². The fourth-order valence-corrected chi connectivity index (χ4v) is 0.289. The van der Waals surface area contributed by atoms with Crippen LogP contribution in [0, 0.1) is 6.42 Å². The minimum atomic E-state index is 1.26. The normalized spacial score (nSPS) is 7.60. The number of hydrogen-bond donors (Lipinski definition) is 0. The zero-order chi connectivity index (χ0) is 4.12. The van der Waals surface area contributed by atoms with Gasteiger partial charge >= 0.3 is 0 Å². The Balaban J connectivity index is 2.19. The molecule has 0 rings (SSSR count). The van der Waals surface area contributed by atoms with Gasteiger partial charge in [-0.05, 0) is 6.42 Å². The molecule has 0 radical (unpaired) electrons. The van der Waals surface area contributed by atoms with E-state index in [-0.39, 0.29) is 0 Å². The topological polar surface area (TPSA) is 0 Å². The maximum absolute atomic E-state index is 2.18. The molecular weight excluding hydrogens is 60.1 g/mol. The van der Waals surface area contributed by atoms with Crippen LogP contribution in [0.2, 0.25) is 0 Å². The van der Waals surface area contributed by atoms with Gasteiger partial charge in [0.1, 0.15) is 0 Å². The van der Waals surface area contributed by atoms with Gasteiger partial charge < -0.3 is 0 Å². The van der Waals surface area contributed by atoms with Crippen molar-refractivity contribution in [2.24, 2.45) is 0 Å². The van der Waals surface area contributed by atoms with Crippen LogP contribution in [-0.4, -0.2) is 0 Å². The summed E-state index contributed by atoms with van der Waals surface area (Å²) in [5, 5.41) is 0. The Morgan fingerprint density at radius 2 is 2.20 bits per heavy atom. The van der Waals surface area contributed by atoms with E-state index in [0.717, 1.165) is 0 Å². The highest BCUT2D eigenvalue weighted by molar-refractivity contribution is 4.50. The first-order valence-electron chi connectivity index (χ1n) is 2.19. The summed E-state index contributed by atoms with van der Waals surface area (Å²) in [7, 11) is 0. The van der Waals surface area contributed by atoms with Crippen molar-refractivity contribution >= 4 is 0 Å². The number of rotatable bonds is 2. The Kier molecular flexibility index (Phi) is 3.77. The summed E-state index contributed by atoms with van der Waals surface area (Å²) in [4.78, 5) is 0. The van der Waals surface area contributed by atoms with E-state index >= 15 is 0 Å². The molecule has 0 heteroatoms. The summed E-state index contributed by atoms with van der Waals surface area (Å²) in [6.45, 7) is 4.27. The molecule has 0 saturated carbocycles. The van der Waals surface area contributed by atoms with Crippen molar-refractivity contribution in [3.8, 4) is 0 Å². The summed E-state index contributed by atoms with van der Waals surface area (Å²) in [5.41, 5.74) is 0. The van der Waals surface area contributed by atoms with Crippen LogP contribution < -0.4 is 0 Å². The second-order valence-electron chi connectivity index (χ2n) is 1.20. The maximum atomic E-state index is 2.18. The first-order chi connectivity index (χ1) is 2.41. The van der Waals surface area contributed by atoms with Crippen LogP contribution in [0.15, 0.2) is 0 Å². The highest BCUT2D eigenvalue weighted by Crippen LogP contribution is 1.86. The highest BCUT2D eigenvalue weighted by Gasteiger charge is 1.78. The van der Waals surface area contributed by atoms with Crippen LogP contribution in [0.25, 0.3) is 0 Å². The van der Waals surface area contributed by atoms with Crippen molar-refractivity contribution < 1.29 is 0 Å². The van der Waals surface area contributed by atoms with Crippen molar-refractivity contribution in [1.29, 1.82) is 0 Å². The molecule has 0 aliphatic heterocycles. The molecule has 0 fully saturated rings. The van der Waals surface area contributed by atoms with Gasteiger partial charge in [-0.25, -0.2) is 0 Å². The summed E-state index contributed by atoms with van der Waals surface area (Å²) >= 11 is 0. The van der Waals surface area contributed by atoms with Gasteiger partial charge in [0.05, 0.1) is 19.8 Å². The van der Waals surface area contributed by atoms with E-state index in [1.807, 2.05) is 0 Å². The van der Waals surface area contributed by atoms with E-state index in [2.05, 4.69) is 20.3 Å². The lowest BCUT2D eigenvalue weighted by molar-refractivity contribution is 0.901. The quantitative estimate of drug-likeness (QED) is 0.437. The minimum Gasteiger partial charge on any atom is -0.0613 e. The molecule has 0 N–H and O–H groups in total. The third kappa shape index (κ3) is 3.87. The zero-order valence-electron chi connectivity index (χ0n) is 3.99. The zero-order valence-corrected chi connectivity index (χ0v) is 3.99. The van der Waals surface area contributed by atoms with E-state index < -0.39 is 0 Å². The summed E-state index contributed by atoms with van der Waals surface area (Å²) < 4.78 is 0. The van der Waals surface area contributed by atoms with E-state index in [0.29, 0.717) is 0 Å². The van der Waals surface area contributed by atoms with Gasteiger partial charge in [-0.15, -0.1) is 0 Å². The number of hydrogen-bond acceptors (Lipinski definition) is 0. The van der Waals surface area contributed by atoms with Gasteiger partial charge in [0.25, 0.3) is 0 Å². The largest absolute Gasteiger partial charge is 0.0869 e. The Hall–Kier alpha value is -0.130. The van der Waals surface area contributed by atoms with Gasteiger partial charge in [0.2, 0.25) is 0 Å². The van der Waals surface area contributed by atoms with Crippen LogP contribution in [0.1, 0.15) is 26.7 Å². The van der Waals surface area contributed by atoms with Crippen LogP contribution in [0.3, 0.4) is 0 Å². The lowest BCUT2D eigenvalue weighted by Gasteiger charge is -1.69. The minimum absolute atomic E-state index is 1.26. The fourth-order valence-electron chi connectivity index (χ4n) is 0.289. The van der Waals surface area contributed by atoms with Gasteiger partial charge in [-0.1, -0.05) is 6.92 Å². The van der Waals surface area contributed by atoms with Crippen LogP contribution in [0.5, 0.6) is 0 Å². The lowest BCUT2D eigenvalue weighted by atomic mass is 10.3. The Morgan fingerprint density at radius 1 is 1.60 bits per heavy atom. The van der Waals surface area contributed by atoms with E-state index in [1.54, 1.807) is 0 Å². The molecule has 0 aromatic heterocycles. The molecule has 0 heterocycles. The third-order valence-electron chi connectivity index (χ3n) is 0.577. The molecule has 0 aliphatic carbocycles. The van der Waals surface area contributed by atoms with Crippen LogP contribution >= 0.6 is 0 Å². The Labute approximate surface area is 34.2 Å². The molecule has 0 aromatic carbocycles. The fraction of sp³-hybridized carbons (Fsp3) is 0.800. The highest BCUT2D eigenvalue weighted by atomic mass is 13.7. The molecule has 5 heavy (non-hydrogen) atoms. The van der Waals surface area contributed by atoms with Gasteiger partial charge in [-0.3, -0.25) is 0 Å². The maximum Gasteiger partial charge on any atom is 0.0869 e.